The Morgan fingerprint density at radius 2 is 2.20 bits per heavy atom. The van der Waals surface area contributed by atoms with E-state index in [0.29, 0.717) is 12.5 Å². The van der Waals surface area contributed by atoms with Crippen molar-refractivity contribution in [3.8, 4) is 0 Å². The Morgan fingerprint density at radius 1 is 1.47 bits per heavy atom. The second-order valence-electron chi connectivity index (χ2n) is 4.56. The van der Waals surface area contributed by atoms with Crippen molar-refractivity contribution in [3.63, 3.8) is 0 Å². The van der Waals surface area contributed by atoms with Crippen molar-refractivity contribution in [2.75, 3.05) is 13.6 Å². The fourth-order valence-corrected chi connectivity index (χ4v) is 1.81. The van der Waals surface area contributed by atoms with Crippen molar-refractivity contribution in [1.82, 2.24) is 10.6 Å². The third-order valence-corrected chi connectivity index (χ3v) is 3.00. The molecule has 1 fully saturated rings. The Hall–Kier alpha value is -0.570. The summed E-state index contributed by atoms with van der Waals surface area (Å²) in [7, 11) is 1.92. The third-order valence-electron chi connectivity index (χ3n) is 3.00. The van der Waals surface area contributed by atoms with Crippen LogP contribution in [0.5, 0.6) is 0 Å². The Kier molecular flexibility index (Phi) is 5.69. The third kappa shape index (κ3) is 5.78. The molecule has 1 aliphatic carbocycles. The summed E-state index contributed by atoms with van der Waals surface area (Å²) in [4.78, 5) is 11.6. The molecule has 15 heavy (non-hydrogen) atoms. The van der Waals surface area contributed by atoms with Crippen LogP contribution >= 0.6 is 0 Å². The van der Waals surface area contributed by atoms with Gasteiger partial charge in [-0.1, -0.05) is 19.8 Å². The molecule has 0 aromatic heterocycles. The molecule has 0 radical (unpaired) electrons. The van der Waals surface area contributed by atoms with Crippen molar-refractivity contribution in [2.24, 2.45) is 5.92 Å². The highest BCUT2D eigenvalue weighted by molar-refractivity contribution is 5.76. The SMILES string of the molecule is CCC(CC1CC1)NC(=O)CCCNC. The second-order valence-corrected chi connectivity index (χ2v) is 4.56. The average Bonchev–Trinajstić information content (AvgIpc) is 3.01. The van der Waals surface area contributed by atoms with Crippen LogP contribution in [0.4, 0.5) is 0 Å². The maximum Gasteiger partial charge on any atom is 0.220 e. The lowest BCUT2D eigenvalue weighted by Gasteiger charge is -2.16. The molecule has 0 aromatic rings. The van der Waals surface area contributed by atoms with Crippen LogP contribution in [0.1, 0.15) is 45.4 Å². The summed E-state index contributed by atoms with van der Waals surface area (Å²) >= 11 is 0. The average molecular weight is 212 g/mol. The molecule has 0 spiro atoms. The van der Waals surface area contributed by atoms with E-state index < -0.39 is 0 Å². The predicted octanol–water partition coefficient (Wildman–Crippen LogP) is 1.68. The van der Waals surface area contributed by atoms with Crippen molar-refractivity contribution in [3.05, 3.63) is 0 Å². The van der Waals surface area contributed by atoms with E-state index in [1.807, 2.05) is 7.05 Å². The maximum absolute atomic E-state index is 11.6. The summed E-state index contributed by atoms with van der Waals surface area (Å²) < 4.78 is 0. The zero-order chi connectivity index (χ0) is 11.1. The number of carbonyl (C=O) groups excluding carboxylic acids is 1. The lowest BCUT2D eigenvalue weighted by atomic mass is 10.1. The Bertz CT molecular complexity index is 190. The van der Waals surface area contributed by atoms with Crippen LogP contribution in [-0.2, 0) is 4.79 Å². The lowest BCUT2D eigenvalue weighted by molar-refractivity contribution is -0.121. The summed E-state index contributed by atoms with van der Waals surface area (Å²) in [6.07, 6.45) is 6.57. The molecule has 0 saturated heterocycles. The first-order valence-electron chi connectivity index (χ1n) is 6.20. The summed E-state index contributed by atoms with van der Waals surface area (Å²) in [5.41, 5.74) is 0. The number of amides is 1. The monoisotopic (exact) mass is 212 g/mol. The molecule has 1 aliphatic rings. The van der Waals surface area contributed by atoms with Crippen LogP contribution in [0.15, 0.2) is 0 Å². The lowest BCUT2D eigenvalue weighted by Crippen LogP contribution is -2.34. The largest absolute Gasteiger partial charge is 0.353 e. The zero-order valence-corrected chi connectivity index (χ0v) is 10.0. The minimum Gasteiger partial charge on any atom is -0.353 e. The van der Waals surface area contributed by atoms with Gasteiger partial charge in [-0.3, -0.25) is 4.79 Å². The molecule has 0 aromatic carbocycles. The van der Waals surface area contributed by atoms with Crippen molar-refractivity contribution in [1.29, 1.82) is 0 Å². The van der Waals surface area contributed by atoms with Crippen molar-refractivity contribution in [2.45, 2.75) is 51.5 Å². The Labute approximate surface area is 93.0 Å². The summed E-state index contributed by atoms with van der Waals surface area (Å²) in [5.74, 6) is 1.12. The molecule has 3 nitrogen and oxygen atoms in total. The van der Waals surface area contributed by atoms with Gasteiger partial charge in [-0.25, -0.2) is 0 Å². The van der Waals surface area contributed by atoms with E-state index in [1.54, 1.807) is 0 Å². The molecule has 0 bridgehead atoms. The highest BCUT2D eigenvalue weighted by Crippen LogP contribution is 2.33. The van der Waals surface area contributed by atoms with Gasteiger partial charge in [-0.15, -0.1) is 0 Å². The molecule has 1 amide bonds. The van der Waals surface area contributed by atoms with Crippen LogP contribution in [0.25, 0.3) is 0 Å². The van der Waals surface area contributed by atoms with E-state index in [9.17, 15) is 4.79 Å². The number of nitrogens with one attached hydrogen (secondary N) is 2. The highest BCUT2D eigenvalue weighted by atomic mass is 16.1. The fourth-order valence-electron chi connectivity index (χ4n) is 1.81. The molecular weight excluding hydrogens is 188 g/mol. The van der Waals surface area contributed by atoms with Crippen LogP contribution < -0.4 is 10.6 Å². The molecule has 1 atom stereocenters. The quantitative estimate of drug-likeness (QED) is 0.601. The van der Waals surface area contributed by atoms with Gasteiger partial charge in [0.15, 0.2) is 0 Å². The minimum absolute atomic E-state index is 0.220. The minimum atomic E-state index is 0.220. The van der Waals surface area contributed by atoms with Crippen LogP contribution in [0, 0.1) is 5.92 Å². The predicted molar refractivity (Wildman–Crippen MR) is 62.7 cm³/mol. The maximum atomic E-state index is 11.6. The standard InChI is InChI=1S/C12H24N2O/c1-3-11(9-10-6-7-10)14-12(15)5-4-8-13-2/h10-11,13H,3-9H2,1-2H3,(H,14,15). The number of carbonyl (C=O) groups is 1. The second kappa shape index (κ2) is 6.83. The molecule has 1 rings (SSSR count). The van der Waals surface area contributed by atoms with Gasteiger partial charge in [-0.05, 0) is 38.8 Å². The molecule has 88 valence electrons. The fraction of sp³-hybridized carbons (Fsp3) is 0.917. The number of hydrogen-bond acceptors (Lipinski definition) is 2. The zero-order valence-electron chi connectivity index (χ0n) is 10.0. The van der Waals surface area contributed by atoms with Gasteiger partial charge in [0.2, 0.25) is 5.91 Å². The van der Waals surface area contributed by atoms with Gasteiger partial charge in [0.25, 0.3) is 0 Å². The Balaban J connectivity index is 2.09. The summed E-state index contributed by atoms with van der Waals surface area (Å²) in [6, 6.07) is 0.416. The van der Waals surface area contributed by atoms with Gasteiger partial charge in [0.1, 0.15) is 0 Å². The number of hydrogen-bond donors (Lipinski definition) is 2. The Morgan fingerprint density at radius 3 is 2.73 bits per heavy atom. The first-order chi connectivity index (χ1) is 7.26. The molecule has 1 saturated carbocycles. The van der Waals surface area contributed by atoms with Gasteiger partial charge in [-0.2, -0.15) is 0 Å². The van der Waals surface area contributed by atoms with Crippen LogP contribution in [-0.4, -0.2) is 25.5 Å². The van der Waals surface area contributed by atoms with E-state index in [1.165, 1.54) is 19.3 Å². The van der Waals surface area contributed by atoms with Gasteiger partial charge < -0.3 is 10.6 Å². The van der Waals surface area contributed by atoms with E-state index >= 15 is 0 Å². The van der Waals surface area contributed by atoms with Crippen LogP contribution in [0.3, 0.4) is 0 Å². The molecule has 0 heterocycles. The molecule has 1 unspecified atom stereocenters. The van der Waals surface area contributed by atoms with E-state index in [0.717, 1.165) is 25.3 Å². The first kappa shape index (κ1) is 12.5. The normalized spacial score (nSPS) is 17.5. The molecular formula is C12H24N2O. The van der Waals surface area contributed by atoms with E-state index in [2.05, 4.69) is 17.6 Å². The van der Waals surface area contributed by atoms with E-state index in [4.69, 9.17) is 0 Å². The topological polar surface area (TPSA) is 41.1 Å². The first-order valence-corrected chi connectivity index (χ1v) is 6.20. The van der Waals surface area contributed by atoms with Crippen molar-refractivity contribution < 1.29 is 4.79 Å². The van der Waals surface area contributed by atoms with E-state index in [-0.39, 0.29) is 5.91 Å². The van der Waals surface area contributed by atoms with Gasteiger partial charge in [0, 0.05) is 12.5 Å². The summed E-state index contributed by atoms with van der Waals surface area (Å²) in [6.45, 7) is 3.08. The molecule has 3 heteroatoms. The molecule has 2 N–H and O–H groups in total. The van der Waals surface area contributed by atoms with Crippen LogP contribution in [0.2, 0.25) is 0 Å². The molecule has 0 aliphatic heterocycles. The highest BCUT2D eigenvalue weighted by Gasteiger charge is 2.25. The van der Waals surface area contributed by atoms with Gasteiger partial charge in [0.05, 0.1) is 0 Å². The van der Waals surface area contributed by atoms with Gasteiger partial charge >= 0.3 is 0 Å². The van der Waals surface area contributed by atoms with Crippen molar-refractivity contribution >= 4 is 5.91 Å². The summed E-state index contributed by atoms with van der Waals surface area (Å²) in [5, 5.41) is 6.18. The smallest absolute Gasteiger partial charge is 0.220 e. The number of rotatable bonds is 8.